The number of hydrogen-bond donors (Lipinski definition) is 1. The molecule has 0 saturated carbocycles. The molecule has 0 bridgehead atoms. The van der Waals surface area contributed by atoms with Gasteiger partial charge in [0, 0.05) is 5.92 Å². The Hall–Kier alpha value is -1.24. The third-order valence-corrected chi connectivity index (χ3v) is 3.97. The fourth-order valence-electron chi connectivity index (χ4n) is 1.52. The zero-order chi connectivity index (χ0) is 10.2. The lowest BCUT2D eigenvalue weighted by atomic mass is 10.1. The highest BCUT2D eigenvalue weighted by Gasteiger charge is 2.30. The first kappa shape index (κ1) is 9.32. The summed E-state index contributed by atoms with van der Waals surface area (Å²) in [6, 6.07) is 0. The molecule has 0 aromatic carbocycles. The smallest absolute Gasteiger partial charge is 0.223 e. The molecule has 0 spiro atoms. The lowest BCUT2D eigenvalue weighted by Gasteiger charge is -2.04. The van der Waals surface area contributed by atoms with Crippen LogP contribution in [-0.2, 0) is 9.84 Å². The van der Waals surface area contributed by atoms with E-state index in [2.05, 4.69) is 15.0 Å². The molecule has 7 heteroatoms. The summed E-state index contributed by atoms with van der Waals surface area (Å²) in [6.45, 7) is 0. The molecule has 1 aromatic rings. The van der Waals surface area contributed by atoms with Gasteiger partial charge >= 0.3 is 0 Å². The summed E-state index contributed by atoms with van der Waals surface area (Å²) in [4.78, 5) is 11.5. The molecule has 0 radical (unpaired) electrons. The van der Waals surface area contributed by atoms with E-state index in [4.69, 9.17) is 5.73 Å². The summed E-state index contributed by atoms with van der Waals surface area (Å²) in [5.74, 6) is 0.836. The van der Waals surface area contributed by atoms with Gasteiger partial charge in [0.1, 0.15) is 12.2 Å². The van der Waals surface area contributed by atoms with Gasteiger partial charge in [-0.25, -0.2) is 18.4 Å². The van der Waals surface area contributed by atoms with Crippen LogP contribution in [0.3, 0.4) is 0 Å². The molecular weight excluding hydrogens is 204 g/mol. The zero-order valence-electron chi connectivity index (χ0n) is 7.42. The predicted molar refractivity (Wildman–Crippen MR) is 50.3 cm³/mol. The molecule has 2 heterocycles. The maximum absolute atomic E-state index is 11.2. The molecule has 14 heavy (non-hydrogen) atoms. The van der Waals surface area contributed by atoms with Crippen LogP contribution in [0.4, 0.5) is 5.95 Å². The third kappa shape index (κ3) is 1.82. The van der Waals surface area contributed by atoms with Crippen molar-refractivity contribution in [1.82, 2.24) is 15.0 Å². The van der Waals surface area contributed by atoms with Gasteiger partial charge < -0.3 is 5.73 Å². The Morgan fingerprint density at radius 2 is 2.21 bits per heavy atom. The normalized spacial score (nSPS) is 25.0. The van der Waals surface area contributed by atoms with E-state index < -0.39 is 9.84 Å². The molecule has 1 unspecified atom stereocenters. The van der Waals surface area contributed by atoms with Gasteiger partial charge in [0.15, 0.2) is 9.84 Å². The van der Waals surface area contributed by atoms with E-state index in [-0.39, 0.29) is 23.4 Å². The molecule has 0 aliphatic carbocycles. The summed E-state index contributed by atoms with van der Waals surface area (Å²) in [7, 11) is -2.90. The Labute approximate surface area is 81.5 Å². The highest BCUT2D eigenvalue weighted by atomic mass is 32.2. The van der Waals surface area contributed by atoms with Gasteiger partial charge in [-0.05, 0) is 6.42 Å². The quantitative estimate of drug-likeness (QED) is 0.667. The first-order chi connectivity index (χ1) is 6.57. The van der Waals surface area contributed by atoms with Crippen LogP contribution in [-0.4, -0.2) is 34.9 Å². The van der Waals surface area contributed by atoms with Gasteiger partial charge in [0.25, 0.3) is 0 Å². The van der Waals surface area contributed by atoms with E-state index in [1.54, 1.807) is 0 Å². The first-order valence-electron chi connectivity index (χ1n) is 4.22. The van der Waals surface area contributed by atoms with Gasteiger partial charge in [-0.15, -0.1) is 0 Å². The SMILES string of the molecule is Nc1ncnc(C2CCS(=O)(=O)C2)n1. The van der Waals surface area contributed by atoms with Crippen molar-refractivity contribution >= 4 is 15.8 Å². The molecule has 2 rings (SSSR count). The lowest BCUT2D eigenvalue weighted by molar-refractivity contribution is 0.601. The Kier molecular flexibility index (Phi) is 2.10. The number of rotatable bonds is 1. The monoisotopic (exact) mass is 214 g/mol. The average molecular weight is 214 g/mol. The van der Waals surface area contributed by atoms with Crippen LogP contribution < -0.4 is 5.73 Å². The number of hydrogen-bond acceptors (Lipinski definition) is 6. The van der Waals surface area contributed by atoms with Crippen LogP contribution in [0.1, 0.15) is 18.2 Å². The van der Waals surface area contributed by atoms with Gasteiger partial charge in [0.05, 0.1) is 11.5 Å². The second-order valence-corrected chi connectivity index (χ2v) is 5.53. The van der Waals surface area contributed by atoms with E-state index >= 15 is 0 Å². The molecule has 0 amide bonds. The van der Waals surface area contributed by atoms with Crippen LogP contribution in [0.25, 0.3) is 0 Å². The predicted octanol–water partition coefficient (Wildman–Crippen LogP) is -0.644. The Bertz CT molecular complexity index is 445. The molecular formula is C7H10N4O2S. The van der Waals surface area contributed by atoms with Gasteiger partial charge in [0.2, 0.25) is 5.95 Å². The molecule has 1 aliphatic heterocycles. The minimum atomic E-state index is -2.90. The number of nitrogen functional groups attached to an aromatic ring is 1. The number of sulfone groups is 1. The topological polar surface area (TPSA) is 98.8 Å². The number of nitrogens with two attached hydrogens (primary N) is 1. The summed E-state index contributed by atoms with van der Waals surface area (Å²) < 4.78 is 22.4. The van der Waals surface area contributed by atoms with Gasteiger partial charge in [-0.3, -0.25) is 0 Å². The van der Waals surface area contributed by atoms with Crippen molar-refractivity contribution in [3.05, 3.63) is 12.2 Å². The van der Waals surface area contributed by atoms with Crippen LogP contribution >= 0.6 is 0 Å². The molecule has 1 atom stereocenters. The molecule has 76 valence electrons. The summed E-state index contributed by atoms with van der Waals surface area (Å²) >= 11 is 0. The highest BCUT2D eigenvalue weighted by molar-refractivity contribution is 7.91. The minimum Gasteiger partial charge on any atom is -0.368 e. The van der Waals surface area contributed by atoms with Crippen LogP contribution in [0.15, 0.2) is 6.33 Å². The lowest BCUT2D eigenvalue weighted by Crippen LogP contribution is -2.09. The molecule has 6 nitrogen and oxygen atoms in total. The molecule has 1 saturated heterocycles. The molecule has 1 aromatic heterocycles. The van der Waals surface area contributed by atoms with Crippen molar-refractivity contribution < 1.29 is 8.42 Å². The number of nitrogens with zero attached hydrogens (tertiary/aromatic N) is 3. The van der Waals surface area contributed by atoms with Crippen molar-refractivity contribution in [2.75, 3.05) is 17.2 Å². The van der Waals surface area contributed by atoms with Gasteiger partial charge in [-0.1, -0.05) is 0 Å². The second kappa shape index (κ2) is 3.16. The van der Waals surface area contributed by atoms with Gasteiger partial charge in [-0.2, -0.15) is 4.98 Å². The van der Waals surface area contributed by atoms with Crippen LogP contribution in [0.2, 0.25) is 0 Å². The number of aromatic nitrogens is 3. The van der Waals surface area contributed by atoms with E-state index in [9.17, 15) is 8.42 Å². The van der Waals surface area contributed by atoms with E-state index in [0.717, 1.165) is 0 Å². The molecule has 1 fully saturated rings. The Morgan fingerprint density at radius 1 is 1.43 bits per heavy atom. The first-order valence-corrected chi connectivity index (χ1v) is 6.04. The zero-order valence-corrected chi connectivity index (χ0v) is 8.24. The molecule has 2 N–H and O–H groups in total. The standard InChI is InChI=1S/C7H10N4O2S/c8-7-10-4-9-6(11-7)5-1-2-14(12,13)3-5/h4-5H,1-3H2,(H2,8,9,10,11). The van der Waals surface area contributed by atoms with Crippen molar-refractivity contribution in [3.63, 3.8) is 0 Å². The summed E-state index contributed by atoms with van der Waals surface area (Å²) in [6.07, 6.45) is 1.88. The summed E-state index contributed by atoms with van der Waals surface area (Å²) in [5.41, 5.74) is 5.38. The van der Waals surface area contributed by atoms with E-state index in [1.807, 2.05) is 0 Å². The van der Waals surface area contributed by atoms with Crippen molar-refractivity contribution in [2.24, 2.45) is 0 Å². The largest absolute Gasteiger partial charge is 0.368 e. The molecule has 1 aliphatic rings. The fraction of sp³-hybridized carbons (Fsp3) is 0.571. The highest BCUT2D eigenvalue weighted by Crippen LogP contribution is 2.25. The second-order valence-electron chi connectivity index (χ2n) is 3.30. The van der Waals surface area contributed by atoms with Crippen molar-refractivity contribution in [3.8, 4) is 0 Å². The fourth-order valence-corrected chi connectivity index (χ4v) is 3.26. The van der Waals surface area contributed by atoms with Crippen LogP contribution in [0, 0.1) is 0 Å². The number of anilines is 1. The van der Waals surface area contributed by atoms with E-state index in [0.29, 0.717) is 12.2 Å². The average Bonchev–Trinajstić information content (AvgIpc) is 2.46. The maximum Gasteiger partial charge on any atom is 0.223 e. The summed E-state index contributed by atoms with van der Waals surface area (Å²) in [5, 5.41) is 0. The van der Waals surface area contributed by atoms with E-state index in [1.165, 1.54) is 6.33 Å². The Balaban J connectivity index is 2.26. The Morgan fingerprint density at radius 3 is 2.79 bits per heavy atom. The minimum absolute atomic E-state index is 0.120. The third-order valence-electron chi connectivity index (χ3n) is 2.21. The maximum atomic E-state index is 11.2. The van der Waals surface area contributed by atoms with Crippen molar-refractivity contribution in [1.29, 1.82) is 0 Å². The van der Waals surface area contributed by atoms with Crippen LogP contribution in [0.5, 0.6) is 0 Å². The van der Waals surface area contributed by atoms with Crippen molar-refractivity contribution in [2.45, 2.75) is 12.3 Å².